The van der Waals surface area contributed by atoms with Crippen LogP contribution in [0.4, 0.5) is 5.69 Å². The zero-order valence-electron chi connectivity index (χ0n) is 19.0. The van der Waals surface area contributed by atoms with Gasteiger partial charge < -0.3 is 15.4 Å². The standard InChI is InChI=1S/C24H31N3O5S/c1-17-12-13-19(24(29)26-15-14-25-23(28)18-8-4-3-5-9-18)16-22(17)33(30,31)27-20-10-6-7-11-21(20)32-2/h6-7,10-13,16,18,27H,3-5,8-9,14-15H2,1-2H3,(H,25,28)(H,26,29). The molecule has 0 aromatic heterocycles. The maximum absolute atomic E-state index is 13.0. The minimum atomic E-state index is -3.95. The van der Waals surface area contributed by atoms with E-state index in [1.54, 1.807) is 43.3 Å². The predicted octanol–water partition coefficient (Wildman–Crippen LogP) is 3.23. The Labute approximate surface area is 195 Å². The van der Waals surface area contributed by atoms with Gasteiger partial charge in [0.05, 0.1) is 17.7 Å². The summed E-state index contributed by atoms with van der Waals surface area (Å²) in [6.07, 6.45) is 5.19. The lowest BCUT2D eigenvalue weighted by atomic mass is 9.89. The second kappa shape index (κ2) is 11.2. The minimum absolute atomic E-state index is 0.00616. The predicted molar refractivity (Wildman–Crippen MR) is 127 cm³/mol. The van der Waals surface area contributed by atoms with Gasteiger partial charge in [0.25, 0.3) is 15.9 Å². The topological polar surface area (TPSA) is 114 Å². The molecule has 1 saturated carbocycles. The number of benzene rings is 2. The van der Waals surface area contributed by atoms with Gasteiger partial charge in [-0.05, 0) is 49.6 Å². The molecule has 1 fully saturated rings. The summed E-state index contributed by atoms with van der Waals surface area (Å²) in [7, 11) is -2.49. The Bertz CT molecular complexity index is 1100. The lowest BCUT2D eigenvalue weighted by Crippen LogP contribution is -2.38. The van der Waals surface area contributed by atoms with E-state index in [0.717, 1.165) is 25.7 Å². The first-order chi connectivity index (χ1) is 15.8. The van der Waals surface area contributed by atoms with Gasteiger partial charge in [-0.1, -0.05) is 37.5 Å². The molecule has 0 spiro atoms. The Morgan fingerprint density at radius 2 is 1.70 bits per heavy atom. The third-order valence-electron chi connectivity index (χ3n) is 5.78. The van der Waals surface area contributed by atoms with Crippen molar-refractivity contribution in [2.24, 2.45) is 5.92 Å². The van der Waals surface area contributed by atoms with Crippen LogP contribution >= 0.6 is 0 Å². The van der Waals surface area contributed by atoms with Gasteiger partial charge in [-0.2, -0.15) is 0 Å². The number of para-hydroxylation sites is 2. The summed E-state index contributed by atoms with van der Waals surface area (Å²) in [5.74, 6) is 0.0867. The lowest BCUT2D eigenvalue weighted by molar-refractivity contribution is -0.125. The number of ether oxygens (including phenoxy) is 1. The van der Waals surface area contributed by atoms with Gasteiger partial charge in [0.2, 0.25) is 5.91 Å². The van der Waals surface area contributed by atoms with Crippen molar-refractivity contribution in [2.75, 3.05) is 24.9 Å². The summed E-state index contributed by atoms with van der Waals surface area (Å²) in [5, 5.41) is 5.61. The average molecular weight is 474 g/mol. The van der Waals surface area contributed by atoms with E-state index in [1.807, 2.05) is 0 Å². The van der Waals surface area contributed by atoms with E-state index in [9.17, 15) is 18.0 Å². The fourth-order valence-electron chi connectivity index (χ4n) is 3.93. The van der Waals surface area contributed by atoms with E-state index in [-0.39, 0.29) is 28.8 Å². The summed E-state index contributed by atoms with van der Waals surface area (Å²) in [6, 6.07) is 11.2. The van der Waals surface area contributed by atoms with Crippen molar-refractivity contribution in [1.29, 1.82) is 0 Å². The molecule has 2 aromatic rings. The number of methoxy groups -OCH3 is 1. The SMILES string of the molecule is COc1ccccc1NS(=O)(=O)c1cc(C(=O)NCCNC(=O)C2CCCCC2)ccc1C. The number of amides is 2. The van der Waals surface area contributed by atoms with Gasteiger partial charge in [0.15, 0.2) is 0 Å². The molecule has 0 radical (unpaired) electrons. The van der Waals surface area contributed by atoms with Crippen molar-refractivity contribution < 1.29 is 22.7 Å². The van der Waals surface area contributed by atoms with Crippen molar-refractivity contribution >= 4 is 27.5 Å². The zero-order valence-corrected chi connectivity index (χ0v) is 19.8. The van der Waals surface area contributed by atoms with Crippen LogP contribution in [0.25, 0.3) is 0 Å². The Morgan fingerprint density at radius 1 is 1.00 bits per heavy atom. The van der Waals surface area contributed by atoms with Crippen molar-refractivity contribution in [2.45, 2.75) is 43.9 Å². The average Bonchev–Trinajstić information content (AvgIpc) is 2.82. The first-order valence-electron chi connectivity index (χ1n) is 11.1. The molecule has 178 valence electrons. The zero-order chi connectivity index (χ0) is 23.8. The van der Waals surface area contributed by atoms with E-state index in [4.69, 9.17) is 4.74 Å². The summed E-state index contributed by atoms with van der Waals surface area (Å²) in [4.78, 5) is 24.8. The molecule has 8 nitrogen and oxygen atoms in total. The van der Waals surface area contributed by atoms with Crippen molar-refractivity contribution in [3.8, 4) is 5.75 Å². The highest BCUT2D eigenvalue weighted by molar-refractivity contribution is 7.92. The van der Waals surface area contributed by atoms with Crippen LogP contribution in [0, 0.1) is 12.8 Å². The van der Waals surface area contributed by atoms with Crippen LogP contribution < -0.4 is 20.1 Å². The van der Waals surface area contributed by atoms with E-state index in [0.29, 0.717) is 23.5 Å². The molecule has 0 aliphatic heterocycles. The monoisotopic (exact) mass is 473 g/mol. The van der Waals surface area contributed by atoms with Crippen LogP contribution in [0.2, 0.25) is 0 Å². The third kappa shape index (κ3) is 6.47. The summed E-state index contributed by atoms with van der Waals surface area (Å²) < 4.78 is 33.7. The third-order valence-corrected chi connectivity index (χ3v) is 7.28. The van der Waals surface area contributed by atoms with Crippen LogP contribution in [-0.4, -0.2) is 40.4 Å². The molecule has 0 saturated heterocycles. The molecule has 1 aliphatic carbocycles. The highest BCUT2D eigenvalue weighted by Crippen LogP contribution is 2.27. The molecular weight excluding hydrogens is 442 g/mol. The molecule has 2 amide bonds. The molecule has 3 rings (SSSR count). The van der Waals surface area contributed by atoms with E-state index in [1.165, 1.54) is 19.6 Å². The fourth-order valence-corrected chi connectivity index (χ4v) is 5.27. The van der Waals surface area contributed by atoms with Crippen LogP contribution in [0.3, 0.4) is 0 Å². The van der Waals surface area contributed by atoms with Gasteiger partial charge in [0, 0.05) is 24.6 Å². The summed E-state index contributed by atoms with van der Waals surface area (Å²) >= 11 is 0. The van der Waals surface area contributed by atoms with Crippen LogP contribution in [0.1, 0.15) is 48.0 Å². The van der Waals surface area contributed by atoms with E-state index < -0.39 is 15.9 Å². The summed E-state index contributed by atoms with van der Waals surface area (Å²) in [6.45, 7) is 2.25. The van der Waals surface area contributed by atoms with Gasteiger partial charge in [-0.25, -0.2) is 8.42 Å². The Kier molecular flexibility index (Phi) is 8.32. The Morgan fingerprint density at radius 3 is 2.42 bits per heavy atom. The number of nitrogens with one attached hydrogen (secondary N) is 3. The number of carbonyl (C=O) groups is 2. The number of hydrogen-bond donors (Lipinski definition) is 3. The van der Waals surface area contributed by atoms with Crippen LogP contribution in [-0.2, 0) is 14.8 Å². The molecule has 0 atom stereocenters. The molecule has 1 aliphatic rings. The number of sulfonamides is 1. The molecule has 0 unspecified atom stereocenters. The molecular formula is C24H31N3O5S. The largest absolute Gasteiger partial charge is 0.495 e. The second-order valence-electron chi connectivity index (χ2n) is 8.17. The smallest absolute Gasteiger partial charge is 0.262 e. The quantitative estimate of drug-likeness (QED) is 0.484. The summed E-state index contributed by atoms with van der Waals surface area (Å²) in [5.41, 5.74) is 1.04. The van der Waals surface area contributed by atoms with Crippen LogP contribution in [0.15, 0.2) is 47.4 Å². The molecule has 33 heavy (non-hydrogen) atoms. The normalized spacial score (nSPS) is 14.4. The van der Waals surface area contributed by atoms with E-state index in [2.05, 4.69) is 15.4 Å². The minimum Gasteiger partial charge on any atom is -0.495 e. The highest BCUT2D eigenvalue weighted by Gasteiger charge is 2.22. The van der Waals surface area contributed by atoms with Gasteiger partial charge in [-0.3, -0.25) is 14.3 Å². The lowest BCUT2D eigenvalue weighted by Gasteiger charge is -2.20. The maximum Gasteiger partial charge on any atom is 0.262 e. The Balaban J connectivity index is 1.61. The van der Waals surface area contributed by atoms with Crippen molar-refractivity contribution in [3.05, 3.63) is 53.6 Å². The molecule has 3 N–H and O–H groups in total. The first-order valence-corrected chi connectivity index (χ1v) is 12.6. The Hall–Kier alpha value is -3.07. The molecule has 2 aromatic carbocycles. The number of anilines is 1. The van der Waals surface area contributed by atoms with E-state index >= 15 is 0 Å². The van der Waals surface area contributed by atoms with Gasteiger partial charge in [0.1, 0.15) is 5.75 Å². The first kappa shape index (κ1) is 24.6. The van der Waals surface area contributed by atoms with Crippen LogP contribution in [0.5, 0.6) is 5.75 Å². The second-order valence-corrected chi connectivity index (χ2v) is 9.82. The molecule has 0 heterocycles. The van der Waals surface area contributed by atoms with Gasteiger partial charge in [-0.15, -0.1) is 0 Å². The number of hydrogen-bond acceptors (Lipinski definition) is 5. The highest BCUT2D eigenvalue weighted by atomic mass is 32.2. The number of aryl methyl sites for hydroxylation is 1. The van der Waals surface area contributed by atoms with Gasteiger partial charge >= 0.3 is 0 Å². The maximum atomic E-state index is 13.0. The van der Waals surface area contributed by atoms with Crippen molar-refractivity contribution in [1.82, 2.24) is 10.6 Å². The van der Waals surface area contributed by atoms with Crippen molar-refractivity contribution in [3.63, 3.8) is 0 Å². The molecule has 9 heteroatoms. The number of carbonyl (C=O) groups excluding carboxylic acids is 2. The molecule has 0 bridgehead atoms. The fraction of sp³-hybridized carbons (Fsp3) is 0.417. The number of rotatable bonds is 9.